The molecular formula is C28H33ClF4N6O2. The highest BCUT2D eigenvalue weighted by atomic mass is 35.5. The van der Waals surface area contributed by atoms with Crippen molar-refractivity contribution in [2.75, 3.05) is 49.1 Å². The summed E-state index contributed by atoms with van der Waals surface area (Å²) in [6.07, 6.45) is -2.40. The zero-order chi connectivity index (χ0) is 30.3. The van der Waals surface area contributed by atoms with Crippen LogP contribution in [0.3, 0.4) is 0 Å². The summed E-state index contributed by atoms with van der Waals surface area (Å²) >= 11 is 5.98. The van der Waals surface area contributed by atoms with Gasteiger partial charge < -0.3 is 25.0 Å². The van der Waals surface area contributed by atoms with E-state index < -0.39 is 40.8 Å². The van der Waals surface area contributed by atoms with E-state index in [1.54, 1.807) is 0 Å². The SMILES string of the molecule is [2H]C([2H])(Oc1nc2c(c(N3C[C@H]4CC[C@@H](C3)N4)n1)CCN(c1cc(O)cc(Cl)c1C(F)(F)F)C2)[C@@]12CCCN1C[C@H](F)C2. The van der Waals surface area contributed by atoms with Gasteiger partial charge >= 0.3 is 12.2 Å². The van der Waals surface area contributed by atoms with Crippen molar-refractivity contribution in [2.24, 2.45) is 0 Å². The van der Waals surface area contributed by atoms with E-state index in [2.05, 4.69) is 15.2 Å². The maximum absolute atomic E-state index is 14.5. The minimum Gasteiger partial charge on any atom is -0.508 e. The summed E-state index contributed by atoms with van der Waals surface area (Å²) < 4.78 is 80.7. The standard InChI is InChI=1S/C28H33ClF4N6O2/c29-21-8-19(40)9-23(24(21)28(31,32)33)37-7-4-20-22(14-37)35-26(36-25(20)38-12-17-2-3-18(13-38)34-17)41-15-27-5-1-6-39(27)11-16(30)10-27/h8-9,16-18,34,40H,1-7,10-15H2/t16-,17-,18+,27+/m1/s1/i15D2. The average molecular weight is 599 g/mol. The summed E-state index contributed by atoms with van der Waals surface area (Å²) in [5.41, 5.74) is -1.27. The fraction of sp³-hybridized carbons (Fsp3) is 0.643. The van der Waals surface area contributed by atoms with Gasteiger partial charge in [0.25, 0.3) is 0 Å². The topological polar surface area (TPSA) is 77.0 Å². The molecule has 4 saturated heterocycles. The van der Waals surface area contributed by atoms with Crippen molar-refractivity contribution in [3.63, 3.8) is 0 Å². The van der Waals surface area contributed by atoms with Crippen molar-refractivity contribution in [3.8, 4) is 11.8 Å². The van der Waals surface area contributed by atoms with Crippen molar-refractivity contribution in [1.82, 2.24) is 20.2 Å². The number of nitrogens with zero attached hydrogens (tertiary/aromatic N) is 5. The van der Waals surface area contributed by atoms with Gasteiger partial charge in [0.05, 0.1) is 36.8 Å². The Bertz CT molecular complexity index is 1420. The van der Waals surface area contributed by atoms with E-state index in [9.17, 15) is 22.7 Å². The van der Waals surface area contributed by atoms with Gasteiger partial charge in [0.15, 0.2) is 0 Å². The summed E-state index contributed by atoms with van der Waals surface area (Å²) in [6.45, 7) is -0.0973. The number of piperazine rings is 1. The number of phenols is 1. The molecule has 1 aromatic heterocycles. The number of halogens is 5. The first-order valence-corrected chi connectivity index (χ1v) is 14.5. The maximum Gasteiger partial charge on any atom is 0.419 e. The fourth-order valence-corrected chi connectivity index (χ4v) is 7.69. The molecular weight excluding hydrogens is 564 g/mol. The fourth-order valence-electron chi connectivity index (χ4n) is 7.38. The number of benzene rings is 1. The van der Waals surface area contributed by atoms with Crippen LogP contribution in [0.2, 0.25) is 5.02 Å². The van der Waals surface area contributed by atoms with Crippen molar-refractivity contribution in [2.45, 2.75) is 75.0 Å². The molecule has 0 aliphatic carbocycles. The zero-order valence-corrected chi connectivity index (χ0v) is 23.1. The smallest absolute Gasteiger partial charge is 0.419 e. The molecule has 0 unspecified atom stereocenters. The quantitative estimate of drug-likeness (QED) is 0.493. The second-order valence-electron chi connectivity index (χ2n) is 11.9. The summed E-state index contributed by atoms with van der Waals surface area (Å²) in [5.74, 6) is 0.202. The lowest BCUT2D eigenvalue weighted by atomic mass is 9.95. The molecule has 2 N–H and O–H groups in total. The number of phenolic OH excluding ortho intramolecular Hbond substituents is 1. The Hall–Kier alpha value is -2.57. The predicted octanol–water partition coefficient (Wildman–Crippen LogP) is 4.31. The number of aromatic nitrogens is 2. The highest BCUT2D eigenvalue weighted by Gasteiger charge is 2.49. The molecule has 13 heteroatoms. The van der Waals surface area contributed by atoms with E-state index in [1.165, 1.54) is 4.90 Å². The minimum absolute atomic E-state index is 0.00517. The molecule has 4 fully saturated rings. The first kappa shape index (κ1) is 25.0. The average Bonchev–Trinajstić information content (AvgIpc) is 3.58. The summed E-state index contributed by atoms with van der Waals surface area (Å²) in [6, 6.07) is 2.24. The Labute approximate surface area is 243 Å². The highest BCUT2D eigenvalue weighted by molar-refractivity contribution is 6.32. The molecule has 8 nitrogen and oxygen atoms in total. The third-order valence-electron chi connectivity index (χ3n) is 9.15. The van der Waals surface area contributed by atoms with Gasteiger partial charge in [-0.15, -0.1) is 0 Å². The Morgan fingerprint density at radius 1 is 1.15 bits per heavy atom. The van der Waals surface area contributed by atoms with Gasteiger partial charge in [0.1, 0.15) is 24.3 Å². The third kappa shape index (κ3) is 4.95. The molecule has 2 aromatic rings. The van der Waals surface area contributed by atoms with E-state index in [0.29, 0.717) is 44.0 Å². The second kappa shape index (κ2) is 10.0. The summed E-state index contributed by atoms with van der Waals surface area (Å²) in [4.78, 5) is 14.7. The van der Waals surface area contributed by atoms with E-state index in [1.807, 2.05) is 4.90 Å². The maximum atomic E-state index is 14.5. The molecule has 0 spiro atoms. The molecule has 0 amide bonds. The Morgan fingerprint density at radius 2 is 1.93 bits per heavy atom. The number of alkyl halides is 4. The molecule has 1 aromatic carbocycles. The lowest BCUT2D eigenvalue weighted by molar-refractivity contribution is -0.137. The van der Waals surface area contributed by atoms with E-state index in [4.69, 9.17) is 24.1 Å². The molecule has 0 saturated carbocycles. The van der Waals surface area contributed by atoms with Gasteiger partial charge in [-0.1, -0.05) is 11.6 Å². The van der Waals surface area contributed by atoms with Gasteiger partial charge in [0.2, 0.25) is 0 Å². The van der Waals surface area contributed by atoms with Crippen LogP contribution in [-0.4, -0.2) is 83.1 Å². The monoisotopic (exact) mass is 598 g/mol. The first-order valence-electron chi connectivity index (χ1n) is 15.2. The van der Waals surface area contributed by atoms with Gasteiger partial charge in [0, 0.05) is 56.3 Å². The van der Waals surface area contributed by atoms with Crippen LogP contribution >= 0.6 is 11.6 Å². The van der Waals surface area contributed by atoms with Crippen LogP contribution in [-0.2, 0) is 19.1 Å². The van der Waals surface area contributed by atoms with Gasteiger partial charge in [-0.3, -0.25) is 4.90 Å². The van der Waals surface area contributed by atoms with Gasteiger partial charge in [-0.2, -0.15) is 23.1 Å². The van der Waals surface area contributed by atoms with Crippen LogP contribution in [0.25, 0.3) is 0 Å². The zero-order valence-electron chi connectivity index (χ0n) is 24.4. The van der Waals surface area contributed by atoms with Gasteiger partial charge in [-0.05, 0) is 44.7 Å². The molecule has 0 radical (unpaired) electrons. The number of ether oxygens (including phenoxy) is 1. The Balaban J connectivity index is 1.28. The first-order chi connectivity index (χ1) is 20.3. The van der Waals surface area contributed by atoms with Crippen LogP contribution in [0, 0.1) is 0 Å². The van der Waals surface area contributed by atoms with Crippen molar-refractivity contribution >= 4 is 23.1 Å². The van der Waals surface area contributed by atoms with Crippen molar-refractivity contribution in [3.05, 3.63) is 34.0 Å². The normalized spacial score (nSPS) is 30.7. The van der Waals surface area contributed by atoms with Gasteiger partial charge in [-0.25, -0.2) is 4.39 Å². The molecule has 5 aliphatic heterocycles. The lowest BCUT2D eigenvalue weighted by Gasteiger charge is -2.38. The summed E-state index contributed by atoms with van der Waals surface area (Å²) in [5, 5.41) is 13.1. The second-order valence-corrected chi connectivity index (χ2v) is 12.3. The van der Waals surface area contributed by atoms with Crippen LogP contribution in [0.1, 0.15) is 51.7 Å². The van der Waals surface area contributed by atoms with E-state index in [-0.39, 0.29) is 49.8 Å². The molecule has 6 heterocycles. The number of hydrogen-bond acceptors (Lipinski definition) is 8. The molecule has 5 aliphatic rings. The van der Waals surface area contributed by atoms with Crippen LogP contribution < -0.4 is 19.9 Å². The largest absolute Gasteiger partial charge is 0.508 e. The number of fused-ring (bicyclic) bond motifs is 4. The third-order valence-corrected chi connectivity index (χ3v) is 9.45. The Kier molecular flexibility index (Phi) is 6.10. The summed E-state index contributed by atoms with van der Waals surface area (Å²) in [7, 11) is 0. The van der Waals surface area contributed by atoms with Crippen LogP contribution in [0.15, 0.2) is 12.1 Å². The molecule has 4 atom stereocenters. The Morgan fingerprint density at radius 3 is 2.68 bits per heavy atom. The predicted molar refractivity (Wildman–Crippen MR) is 146 cm³/mol. The number of rotatable bonds is 5. The molecule has 7 rings (SSSR count). The van der Waals surface area contributed by atoms with Crippen molar-refractivity contribution in [1.29, 1.82) is 0 Å². The molecule has 2 bridgehead atoms. The van der Waals surface area contributed by atoms with E-state index in [0.717, 1.165) is 37.0 Å². The lowest BCUT2D eigenvalue weighted by Crippen LogP contribution is -2.52. The van der Waals surface area contributed by atoms with E-state index >= 15 is 0 Å². The van der Waals surface area contributed by atoms with Crippen LogP contribution in [0.5, 0.6) is 11.8 Å². The highest BCUT2D eigenvalue weighted by Crippen LogP contribution is 2.45. The number of nitrogens with one attached hydrogen (secondary N) is 1. The minimum atomic E-state index is -4.76. The number of aromatic hydroxyl groups is 1. The number of anilines is 2. The van der Waals surface area contributed by atoms with Crippen LogP contribution in [0.4, 0.5) is 29.1 Å². The molecule has 222 valence electrons. The number of hydrogen-bond donors (Lipinski definition) is 2. The molecule has 41 heavy (non-hydrogen) atoms. The van der Waals surface area contributed by atoms with Crippen molar-refractivity contribution < 1.29 is 30.1 Å².